The van der Waals surface area contributed by atoms with Gasteiger partial charge in [0.05, 0.1) is 5.54 Å². The zero-order valence-electron chi connectivity index (χ0n) is 10.6. The predicted molar refractivity (Wildman–Crippen MR) is 75.4 cm³/mol. The molecule has 1 heterocycles. The van der Waals surface area contributed by atoms with Crippen LogP contribution in [0.15, 0.2) is 21.6 Å². The number of halogens is 1. The summed E-state index contributed by atoms with van der Waals surface area (Å²) in [5, 5.41) is 3.74. The maximum atomic E-state index is 12.0. The Morgan fingerprint density at radius 2 is 2.28 bits per heavy atom. The third kappa shape index (κ3) is 3.22. The van der Waals surface area contributed by atoms with Gasteiger partial charge in [-0.05, 0) is 44.1 Å². The molecule has 18 heavy (non-hydrogen) atoms. The topological polar surface area (TPSA) is 68.3 Å². The van der Waals surface area contributed by atoms with Gasteiger partial charge in [-0.1, -0.05) is 11.8 Å². The molecule has 1 unspecified atom stereocenters. The third-order valence-electron chi connectivity index (χ3n) is 3.31. The summed E-state index contributed by atoms with van der Waals surface area (Å²) in [6.45, 7) is 2.46. The van der Waals surface area contributed by atoms with E-state index in [0.717, 1.165) is 17.9 Å². The summed E-state index contributed by atoms with van der Waals surface area (Å²) in [5.41, 5.74) is 5.45. The van der Waals surface area contributed by atoms with Crippen LogP contribution in [0, 0.1) is 5.92 Å². The molecule has 1 aromatic heterocycles. The first kappa shape index (κ1) is 15.4. The summed E-state index contributed by atoms with van der Waals surface area (Å²) in [7, 11) is 0. The van der Waals surface area contributed by atoms with E-state index < -0.39 is 0 Å². The predicted octanol–water partition coefficient (Wildman–Crippen LogP) is 2.28. The van der Waals surface area contributed by atoms with Gasteiger partial charge < -0.3 is 15.5 Å². The summed E-state index contributed by atoms with van der Waals surface area (Å²) >= 11 is 1.48. The van der Waals surface area contributed by atoms with Crippen LogP contribution < -0.4 is 11.1 Å². The van der Waals surface area contributed by atoms with Crippen LogP contribution in [-0.4, -0.2) is 24.2 Å². The molecule has 3 N–H and O–H groups in total. The maximum absolute atomic E-state index is 12.0. The number of carbonyl (C=O) groups is 1. The minimum atomic E-state index is -0.302. The molecule has 0 radical (unpaired) electrons. The van der Waals surface area contributed by atoms with Gasteiger partial charge in [-0.3, -0.25) is 4.79 Å². The minimum Gasteiger partial charge on any atom is -0.445 e. The smallest absolute Gasteiger partial charge is 0.287 e. The highest BCUT2D eigenvalue weighted by Gasteiger charge is 2.41. The van der Waals surface area contributed by atoms with Crippen LogP contribution in [0.25, 0.3) is 0 Å². The summed E-state index contributed by atoms with van der Waals surface area (Å²) in [6.07, 6.45) is 4.19. The summed E-state index contributed by atoms with van der Waals surface area (Å²) in [4.78, 5) is 12.0. The Kier molecular flexibility index (Phi) is 5.13. The van der Waals surface area contributed by atoms with E-state index in [0.29, 0.717) is 18.2 Å². The Bertz CT molecular complexity index is 420. The molecular formula is C12H19ClN2O2S. The van der Waals surface area contributed by atoms with Crippen molar-refractivity contribution in [2.75, 3.05) is 12.8 Å². The molecule has 0 bridgehead atoms. The molecule has 102 valence electrons. The Morgan fingerprint density at radius 1 is 1.61 bits per heavy atom. The number of nitrogens with one attached hydrogen (secondary N) is 1. The van der Waals surface area contributed by atoms with Crippen molar-refractivity contribution in [1.29, 1.82) is 0 Å². The van der Waals surface area contributed by atoms with Gasteiger partial charge in [0.1, 0.15) is 0 Å². The van der Waals surface area contributed by atoms with Gasteiger partial charge in [-0.15, -0.1) is 12.4 Å². The standard InChI is InChI=1S/C12H18N2O2S.ClH/c1-12(7-13,8-3-4-8)14-11(15)9-5-6-10(16-9)17-2;/h5-6,8H,3-4,7,13H2,1-2H3,(H,14,15);1H. The average Bonchev–Trinajstić information content (AvgIpc) is 3.07. The van der Waals surface area contributed by atoms with Crippen molar-refractivity contribution < 1.29 is 9.21 Å². The lowest BCUT2D eigenvalue weighted by Gasteiger charge is -2.28. The number of thioether (sulfide) groups is 1. The lowest BCUT2D eigenvalue weighted by Crippen LogP contribution is -2.53. The molecule has 4 nitrogen and oxygen atoms in total. The molecule has 0 aromatic carbocycles. The largest absolute Gasteiger partial charge is 0.445 e. The van der Waals surface area contributed by atoms with Crippen LogP contribution in [0.4, 0.5) is 0 Å². The number of nitrogens with two attached hydrogens (primary N) is 1. The van der Waals surface area contributed by atoms with Gasteiger partial charge in [-0.2, -0.15) is 0 Å². The van der Waals surface area contributed by atoms with Crippen LogP contribution in [0.5, 0.6) is 0 Å². The van der Waals surface area contributed by atoms with Gasteiger partial charge in [0.15, 0.2) is 10.9 Å². The number of hydrogen-bond acceptors (Lipinski definition) is 4. The highest BCUT2D eigenvalue weighted by Crippen LogP contribution is 2.39. The van der Waals surface area contributed by atoms with E-state index in [-0.39, 0.29) is 23.9 Å². The molecule has 1 amide bonds. The van der Waals surface area contributed by atoms with Crippen molar-refractivity contribution in [3.05, 3.63) is 17.9 Å². The Labute approximate surface area is 117 Å². The van der Waals surface area contributed by atoms with Crippen molar-refractivity contribution in [1.82, 2.24) is 5.32 Å². The van der Waals surface area contributed by atoms with Crippen LogP contribution in [0.1, 0.15) is 30.3 Å². The SMILES string of the molecule is CSc1ccc(C(=O)NC(C)(CN)C2CC2)o1.Cl. The fraction of sp³-hybridized carbons (Fsp3) is 0.583. The molecule has 2 rings (SSSR count). The normalized spacial score (nSPS) is 17.7. The molecule has 0 saturated heterocycles. The van der Waals surface area contributed by atoms with Crippen molar-refractivity contribution in [3.8, 4) is 0 Å². The zero-order valence-corrected chi connectivity index (χ0v) is 12.2. The fourth-order valence-electron chi connectivity index (χ4n) is 1.91. The first-order chi connectivity index (χ1) is 8.09. The van der Waals surface area contributed by atoms with E-state index in [9.17, 15) is 4.79 Å². The monoisotopic (exact) mass is 290 g/mol. The molecule has 1 aromatic rings. The van der Waals surface area contributed by atoms with Gasteiger partial charge in [0, 0.05) is 6.54 Å². The molecule has 1 aliphatic rings. The van der Waals surface area contributed by atoms with E-state index >= 15 is 0 Å². The molecule has 6 heteroatoms. The number of amides is 1. The van der Waals surface area contributed by atoms with Gasteiger partial charge in [0.2, 0.25) is 0 Å². The lowest BCUT2D eigenvalue weighted by molar-refractivity contribution is 0.0864. The zero-order chi connectivity index (χ0) is 12.5. The first-order valence-electron chi connectivity index (χ1n) is 5.75. The van der Waals surface area contributed by atoms with E-state index in [2.05, 4.69) is 5.32 Å². The fourth-order valence-corrected chi connectivity index (χ4v) is 2.29. The van der Waals surface area contributed by atoms with E-state index in [4.69, 9.17) is 10.2 Å². The minimum absolute atomic E-state index is 0. The van der Waals surface area contributed by atoms with Crippen LogP contribution >= 0.6 is 24.2 Å². The molecule has 1 fully saturated rings. The van der Waals surface area contributed by atoms with E-state index in [1.807, 2.05) is 13.2 Å². The Balaban J connectivity index is 0.00000162. The van der Waals surface area contributed by atoms with E-state index in [1.54, 1.807) is 12.1 Å². The lowest BCUT2D eigenvalue weighted by atomic mass is 9.96. The molecule has 0 aliphatic heterocycles. The molecule has 0 spiro atoms. The highest BCUT2D eigenvalue weighted by atomic mass is 35.5. The second kappa shape index (κ2) is 5.99. The van der Waals surface area contributed by atoms with Crippen LogP contribution in [0.3, 0.4) is 0 Å². The van der Waals surface area contributed by atoms with Crippen LogP contribution in [0.2, 0.25) is 0 Å². The molecule has 1 saturated carbocycles. The van der Waals surface area contributed by atoms with Crippen molar-refractivity contribution in [2.24, 2.45) is 11.7 Å². The van der Waals surface area contributed by atoms with Gasteiger partial charge in [-0.25, -0.2) is 0 Å². The second-order valence-corrected chi connectivity index (χ2v) is 5.48. The van der Waals surface area contributed by atoms with Gasteiger partial charge in [0.25, 0.3) is 5.91 Å². The molecular weight excluding hydrogens is 272 g/mol. The number of carbonyl (C=O) groups excluding carboxylic acids is 1. The van der Waals surface area contributed by atoms with Crippen LogP contribution in [-0.2, 0) is 0 Å². The number of furan rings is 1. The Morgan fingerprint density at radius 3 is 2.72 bits per heavy atom. The molecule has 1 atom stereocenters. The van der Waals surface area contributed by atoms with Crippen molar-refractivity contribution >= 4 is 30.1 Å². The summed E-state index contributed by atoms with van der Waals surface area (Å²) in [5.74, 6) is 0.686. The van der Waals surface area contributed by atoms with Crippen molar-refractivity contribution in [2.45, 2.75) is 30.4 Å². The highest BCUT2D eigenvalue weighted by molar-refractivity contribution is 7.98. The summed E-state index contributed by atoms with van der Waals surface area (Å²) < 4.78 is 5.40. The first-order valence-corrected chi connectivity index (χ1v) is 6.98. The second-order valence-electron chi connectivity index (χ2n) is 4.67. The quantitative estimate of drug-likeness (QED) is 0.817. The maximum Gasteiger partial charge on any atom is 0.287 e. The number of hydrogen-bond donors (Lipinski definition) is 2. The summed E-state index contributed by atoms with van der Waals surface area (Å²) in [6, 6.07) is 3.50. The average molecular weight is 291 g/mol. The van der Waals surface area contributed by atoms with Gasteiger partial charge >= 0.3 is 0 Å². The Hall–Kier alpha value is -0.650. The van der Waals surface area contributed by atoms with Crippen molar-refractivity contribution in [3.63, 3.8) is 0 Å². The third-order valence-corrected chi connectivity index (χ3v) is 3.93. The van der Waals surface area contributed by atoms with E-state index in [1.165, 1.54) is 11.8 Å². The number of rotatable bonds is 5. The molecule has 1 aliphatic carbocycles.